The molecule has 0 atom stereocenters. The molecule has 0 bridgehead atoms. The highest BCUT2D eigenvalue weighted by Crippen LogP contribution is 2.47. The van der Waals surface area contributed by atoms with E-state index in [0.29, 0.717) is 16.0 Å². The lowest BCUT2D eigenvalue weighted by Gasteiger charge is -2.39. The highest BCUT2D eigenvalue weighted by atomic mass is 32.2. The van der Waals surface area contributed by atoms with Gasteiger partial charge in [0.2, 0.25) is 5.95 Å². The van der Waals surface area contributed by atoms with Gasteiger partial charge in [-0.1, -0.05) is 24.6 Å². The fraction of sp³-hybridized carbons (Fsp3) is 0.476. The number of hydrogen-bond donors (Lipinski definition) is 0. The van der Waals surface area contributed by atoms with Crippen LogP contribution < -0.4 is 4.90 Å². The second-order valence-electron chi connectivity index (χ2n) is 8.21. The number of halogens is 3. The second-order valence-corrected chi connectivity index (χ2v) is 9.29. The number of hydrogen-bond acceptors (Lipinski definition) is 5. The summed E-state index contributed by atoms with van der Waals surface area (Å²) in [4.78, 5) is 15.6. The molecule has 1 aliphatic heterocycles. The number of anilines is 1. The van der Waals surface area contributed by atoms with Gasteiger partial charge in [-0.2, -0.15) is 13.2 Å². The molecule has 1 aliphatic carbocycles. The third-order valence-corrected chi connectivity index (χ3v) is 7.54. The van der Waals surface area contributed by atoms with Gasteiger partial charge in [-0.25, -0.2) is 9.97 Å². The van der Waals surface area contributed by atoms with E-state index in [1.165, 1.54) is 50.8 Å². The smallest absolute Gasteiger partial charge is 0.342 e. The standard InChI is InChI=1S/C21H22F3N5S/c22-21(23,24)15-13-25-8-3-16(15)30-17-14-27-19(29-12-9-26-18(17)29)28-10-6-20(7-11-28)4-1-2-5-20/h3,8-9,12-14H,1-2,4-7,10-11H2. The van der Waals surface area contributed by atoms with E-state index in [1.54, 1.807) is 12.4 Å². The van der Waals surface area contributed by atoms with E-state index in [9.17, 15) is 13.2 Å². The van der Waals surface area contributed by atoms with Crippen molar-refractivity contribution in [1.82, 2.24) is 19.4 Å². The Hall–Kier alpha value is -2.29. The average Bonchev–Trinajstić information content (AvgIpc) is 3.39. The van der Waals surface area contributed by atoms with Crippen LogP contribution in [0.4, 0.5) is 19.1 Å². The number of imidazole rings is 1. The van der Waals surface area contributed by atoms with Crippen LogP contribution in [0.25, 0.3) is 5.65 Å². The predicted octanol–water partition coefficient (Wildman–Crippen LogP) is 5.45. The summed E-state index contributed by atoms with van der Waals surface area (Å²) in [6, 6.07) is 1.38. The first-order valence-corrected chi connectivity index (χ1v) is 11.0. The van der Waals surface area contributed by atoms with Gasteiger partial charge in [-0.3, -0.25) is 9.38 Å². The van der Waals surface area contributed by atoms with E-state index >= 15 is 0 Å². The monoisotopic (exact) mass is 433 g/mol. The fourth-order valence-corrected chi connectivity index (χ4v) is 5.79. The lowest BCUT2D eigenvalue weighted by Crippen LogP contribution is -2.40. The zero-order chi connectivity index (χ0) is 20.8. The first kappa shape index (κ1) is 19.7. The van der Waals surface area contributed by atoms with E-state index in [2.05, 4.69) is 19.9 Å². The molecule has 1 saturated heterocycles. The van der Waals surface area contributed by atoms with Crippen molar-refractivity contribution in [3.63, 3.8) is 0 Å². The zero-order valence-corrected chi connectivity index (χ0v) is 17.2. The van der Waals surface area contributed by atoms with E-state index in [4.69, 9.17) is 0 Å². The summed E-state index contributed by atoms with van der Waals surface area (Å²) in [5, 5.41) is 0. The van der Waals surface area contributed by atoms with Crippen LogP contribution in [0.3, 0.4) is 0 Å². The molecular formula is C21H22F3N5S. The Morgan fingerprint density at radius 1 is 0.933 bits per heavy atom. The molecule has 0 N–H and O–H groups in total. The fourth-order valence-electron chi connectivity index (χ4n) is 4.80. The second kappa shape index (κ2) is 7.44. The summed E-state index contributed by atoms with van der Waals surface area (Å²) in [5.74, 6) is 0.811. The minimum absolute atomic E-state index is 0.0955. The molecule has 3 aromatic rings. The first-order valence-electron chi connectivity index (χ1n) is 10.2. The average molecular weight is 434 g/mol. The van der Waals surface area contributed by atoms with Gasteiger partial charge in [-0.15, -0.1) is 0 Å². The molecule has 3 aromatic heterocycles. The summed E-state index contributed by atoms with van der Waals surface area (Å²) in [5.41, 5.74) is 0.383. The maximum atomic E-state index is 13.3. The molecule has 5 rings (SSSR count). The third-order valence-electron chi connectivity index (χ3n) is 6.45. The molecule has 9 heteroatoms. The summed E-state index contributed by atoms with van der Waals surface area (Å²) >= 11 is 1.02. The van der Waals surface area contributed by atoms with E-state index < -0.39 is 11.7 Å². The normalized spacial score (nSPS) is 19.1. The van der Waals surface area contributed by atoms with Crippen molar-refractivity contribution in [3.05, 3.63) is 42.6 Å². The predicted molar refractivity (Wildman–Crippen MR) is 109 cm³/mol. The molecule has 1 spiro atoms. The molecule has 0 amide bonds. The minimum atomic E-state index is -4.46. The molecule has 0 radical (unpaired) electrons. The minimum Gasteiger partial charge on any atom is -0.342 e. The molecule has 5 nitrogen and oxygen atoms in total. The van der Waals surface area contributed by atoms with Gasteiger partial charge in [0.1, 0.15) is 0 Å². The van der Waals surface area contributed by atoms with Crippen LogP contribution in [-0.4, -0.2) is 32.4 Å². The first-order chi connectivity index (χ1) is 14.5. The van der Waals surface area contributed by atoms with Gasteiger partial charge < -0.3 is 4.90 Å². The maximum absolute atomic E-state index is 13.3. The largest absolute Gasteiger partial charge is 0.418 e. The number of fused-ring (bicyclic) bond motifs is 1. The maximum Gasteiger partial charge on any atom is 0.418 e. The van der Waals surface area contributed by atoms with Crippen molar-refractivity contribution >= 4 is 23.4 Å². The van der Waals surface area contributed by atoms with Crippen molar-refractivity contribution in [2.24, 2.45) is 5.41 Å². The Bertz CT molecular complexity index is 1050. The van der Waals surface area contributed by atoms with Crippen molar-refractivity contribution in [2.45, 2.75) is 54.5 Å². The van der Waals surface area contributed by atoms with Gasteiger partial charge in [0.15, 0.2) is 5.65 Å². The van der Waals surface area contributed by atoms with Crippen LogP contribution in [0.5, 0.6) is 0 Å². The third kappa shape index (κ3) is 3.53. The number of alkyl halides is 3. The molecule has 0 aromatic carbocycles. The molecule has 30 heavy (non-hydrogen) atoms. The summed E-state index contributed by atoms with van der Waals surface area (Å²) < 4.78 is 41.9. The van der Waals surface area contributed by atoms with Gasteiger partial charge >= 0.3 is 6.18 Å². The Morgan fingerprint density at radius 3 is 2.43 bits per heavy atom. The van der Waals surface area contributed by atoms with E-state index in [-0.39, 0.29) is 4.90 Å². The zero-order valence-electron chi connectivity index (χ0n) is 16.4. The summed E-state index contributed by atoms with van der Waals surface area (Å²) in [6.45, 7) is 1.91. The summed E-state index contributed by atoms with van der Waals surface area (Å²) in [7, 11) is 0. The topological polar surface area (TPSA) is 46.3 Å². The van der Waals surface area contributed by atoms with Crippen molar-refractivity contribution in [3.8, 4) is 0 Å². The molecule has 1 saturated carbocycles. The Balaban J connectivity index is 1.43. The van der Waals surface area contributed by atoms with Crippen LogP contribution in [0.2, 0.25) is 0 Å². The SMILES string of the molecule is FC(F)(F)c1cnccc1Sc1cnc(N2CCC3(CCCC3)CC2)n2ccnc12. The highest BCUT2D eigenvalue weighted by Gasteiger charge is 2.38. The molecule has 158 valence electrons. The van der Waals surface area contributed by atoms with Crippen LogP contribution in [-0.2, 0) is 6.18 Å². The number of pyridine rings is 1. The number of aromatic nitrogens is 4. The Labute approximate surface area is 176 Å². The lowest BCUT2D eigenvalue weighted by atomic mass is 9.77. The van der Waals surface area contributed by atoms with E-state index in [0.717, 1.165) is 37.0 Å². The van der Waals surface area contributed by atoms with Crippen LogP contribution in [0, 0.1) is 5.41 Å². The molecular weight excluding hydrogens is 411 g/mol. The van der Waals surface area contributed by atoms with Crippen LogP contribution >= 0.6 is 11.8 Å². The van der Waals surface area contributed by atoms with Crippen molar-refractivity contribution in [1.29, 1.82) is 0 Å². The van der Waals surface area contributed by atoms with Crippen LogP contribution in [0.1, 0.15) is 44.1 Å². The number of nitrogens with zero attached hydrogens (tertiary/aromatic N) is 5. The molecule has 4 heterocycles. The number of rotatable bonds is 3. The van der Waals surface area contributed by atoms with E-state index in [1.807, 2.05) is 10.6 Å². The Kier molecular flexibility index (Phi) is 4.88. The lowest BCUT2D eigenvalue weighted by molar-refractivity contribution is -0.140. The number of piperidine rings is 1. The molecule has 2 fully saturated rings. The summed E-state index contributed by atoms with van der Waals surface area (Å²) in [6.07, 6.45) is 10.6. The van der Waals surface area contributed by atoms with Gasteiger partial charge in [-0.05, 0) is 37.2 Å². The van der Waals surface area contributed by atoms with Gasteiger partial charge in [0, 0.05) is 49.0 Å². The van der Waals surface area contributed by atoms with Gasteiger partial charge in [0.05, 0.1) is 10.5 Å². The van der Waals surface area contributed by atoms with Crippen molar-refractivity contribution < 1.29 is 13.2 Å². The van der Waals surface area contributed by atoms with Gasteiger partial charge in [0.25, 0.3) is 0 Å². The molecule has 0 unspecified atom stereocenters. The van der Waals surface area contributed by atoms with Crippen LogP contribution in [0.15, 0.2) is 46.8 Å². The highest BCUT2D eigenvalue weighted by molar-refractivity contribution is 7.99. The van der Waals surface area contributed by atoms with Crippen molar-refractivity contribution in [2.75, 3.05) is 18.0 Å². The Morgan fingerprint density at radius 2 is 1.70 bits per heavy atom. The molecule has 2 aliphatic rings. The quantitative estimate of drug-likeness (QED) is 0.549.